The van der Waals surface area contributed by atoms with E-state index in [0.29, 0.717) is 0 Å². The summed E-state index contributed by atoms with van der Waals surface area (Å²) >= 11 is 3.74. The zero-order valence-electron chi connectivity index (χ0n) is 18.9. The number of hydrogen-bond acceptors (Lipinski definition) is 0. The van der Waals surface area contributed by atoms with Crippen molar-refractivity contribution in [1.29, 1.82) is 0 Å². The SMILES string of the molecule is [B]c1cccc(C2(c3cccc(Br)c3)c3ccc(C)cc3-c3c(-c4ccccc4)cccc32)c1. The first-order valence-corrected chi connectivity index (χ1v) is 12.3. The highest BCUT2D eigenvalue weighted by Crippen LogP contribution is 2.58. The number of halogens is 1. The molecule has 0 nitrogen and oxygen atoms in total. The summed E-state index contributed by atoms with van der Waals surface area (Å²) < 4.78 is 1.06. The van der Waals surface area contributed by atoms with Gasteiger partial charge in [0, 0.05) is 4.47 Å². The van der Waals surface area contributed by atoms with Crippen LogP contribution in [0.1, 0.15) is 27.8 Å². The molecule has 5 aromatic rings. The fraction of sp³-hybridized carbons (Fsp3) is 0.0625. The lowest BCUT2D eigenvalue weighted by Crippen LogP contribution is -2.29. The third kappa shape index (κ3) is 3.13. The van der Waals surface area contributed by atoms with Gasteiger partial charge in [0.05, 0.1) is 5.41 Å². The number of fused-ring (bicyclic) bond motifs is 3. The van der Waals surface area contributed by atoms with Crippen LogP contribution in [0.4, 0.5) is 0 Å². The van der Waals surface area contributed by atoms with E-state index in [-0.39, 0.29) is 0 Å². The molecule has 0 saturated heterocycles. The summed E-state index contributed by atoms with van der Waals surface area (Å²) in [4.78, 5) is 0. The van der Waals surface area contributed by atoms with Crippen molar-refractivity contribution < 1.29 is 0 Å². The van der Waals surface area contributed by atoms with Gasteiger partial charge in [0.25, 0.3) is 0 Å². The van der Waals surface area contributed by atoms with Crippen molar-refractivity contribution in [2.75, 3.05) is 0 Å². The molecule has 0 amide bonds. The lowest BCUT2D eigenvalue weighted by molar-refractivity contribution is 0.768. The van der Waals surface area contributed by atoms with Crippen LogP contribution in [0.15, 0.2) is 120 Å². The van der Waals surface area contributed by atoms with Crippen molar-refractivity contribution in [3.63, 3.8) is 0 Å². The molecule has 34 heavy (non-hydrogen) atoms. The number of hydrogen-bond donors (Lipinski definition) is 0. The summed E-state index contributed by atoms with van der Waals surface area (Å²) in [7, 11) is 6.37. The van der Waals surface area contributed by atoms with Gasteiger partial charge in [0.15, 0.2) is 0 Å². The second kappa shape index (κ2) is 8.15. The second-order valence-corrected chi connectivity index (χ2v) is 9.94. The molecule has 1 aliphatic carbocycles. The Hall–Kier alpha value is -3.36. The Balaban J connectivity index is 1.81. The highest BCUT2D eigenvalue weighted by atomic mass is 79.9. The Labute approximate surface area is 210 Å². The number of benzene rings is 5. The second-order valence-electron chi connectivity index (χ2n) is 9.03. The minimum atomic E-state index is -0.470. The molecule has 1 aliphatic rings. The predicted octanol–water partition coefficient (Wildman–Crippen LogP) is 7.58. The number of rotatable bonds is 3. The number of aryl methyl sites for hydroxylation is 1. The van der Waals surface area contributed by atoms with Crippen LogP contribution in [0.5, 0.6) is 0 Å². The van der Waals surface area contributed by atoms with Crippen molar-refractivity contribution in [3.8, 4) is 22.3 Å². The summed E-state index contributed by atoms with van der Waals surface area (Å²) in [5.41, 5.74) is 11.6. The smallest absolute Gasteiger partial charge is 0.0963 e. The van der Waals surface area contributed by atoms with E-state index in [4.69, 9.17) is 7.85 Å². The Morgan fingerprint density at radius 1 is 0.618 bits per heavy atom. The van der Waals surface area contributed by atoms with Crippen LogP contribution in [-0.4, -0.2) is 7.85 Å². The monoisotopic (exact) mass is 496 g/mol. The molecule has 5 aromatic carbocycles. The van der Waals surface area contributed by atoms with Crippen LogP contribution in [0, 0.1) is 6.92 Å². The summed E-state index contributed by atoms with van der Waals surface area (Å²) in [6, 6.07) is 41.4. The molecule has 1 atom stereocenters. The van der Waals surface area contributed by atoms with Crippen LogP contribution in [0.2, 0.25) is 0 Å². The maximum Gasteiger partial charge on any atom is 0.113 e. The molecule has 0 saturated carbocycles. The van der Waals surface area contributed by atoms with Gasteiger partial charge >= 0.3 is 0 Å². The highest BCUT2D eigenvalue weighted by Gasteiger charge is 2.47. The maximum absolute atomic E-state index is 6.37. The first-order valence-electron chi connectivity index (χ1n) is 11.5. The van der Waals surface area contributed by atoms with Crippen LogP contribution >= 0.6 is 15.9 Å². The zero-order chi connectivity index (χ0) is 23.3. The Kier molecular flexibility index (Phi) is 5.08. The summed E-state index contributed by atoms with van der Waals surface area (Å²) in [6.45, 7) is 2.17. The third-order valence-electron chi connectivity index (χ3n) is 6.98. The van der Waals surface area contributed by atoms with Crippen molar-refractivity contribution in [3.05, 3.63) is 148 Å². The van der Waals surface area contributed by atoms with Crippen molar-refractivity contribution >= 4 is 29.2 Å². The average molecular weight is 497 g/mol. The summed E-state index contributed by atoms with van der Waals surface area (Å²) in [5, 5.41) is 0. The molecule has 2 heteroatoms. The largest absolute Gasteiger partial charge is 0.113 e. The molecular formula is C32H22BBr. The minimum absolute atomic E-state index is 0.470. The molecule has 0 aromatic heterocycles. The first-order chi connectivity index (χ1) is 16.6. The van der Waals surface area contributed by atoms with Crippen molar-refractivity contribution in [2.45, 2.75) is 12.3 Å². The molecule has 160 valence electrons. The molecule has 0 spiro atoms. The van der Waals surface area contributed by atoms with E-state index in [2.05, 4.69) is 132 Å². The van der Waals surface area contributed by atoms with Gasteiger partial charge in [-0.3, -0.25) is 0 Å². The van der Waals surface area contributed by atoms with E-state index in [1.807, 2.05) is 6.07 Å². The van der Waals surface area contributed by atoms with E-state index in [0.717, 1.165) is 9.94 Å². The molecule has 0 heterocycles. The van der Waals surface area contributed by atoms with Crippen molar-refractivity contribution in [2.24, 2.45) is 0 Å². The summed E-state index contributed by atoms with van der Waals surface area (Å²) in [6.07, 6.45) is 0. The average Bonchev–Trinajstić information content (AvgIpc) is 3.15. The van der Waals surface area contributed by atoms with Gasteiger partial charge in [0.1, 0.15) is 7.85 Å². The van der Waals surface area contributed by atoms with Crippen molar-refractivity contribution in [1.82, 2.24) is 0 Å². The summed E-state index contributed by atoms with van der Waals surface area (Å²) in [5.74, 6) is 0. The van der Waals surface area contributed by atoms with Gasteiger partial charge in [-0.1, -0.05) is 130 Å². The van der Waals surface area contributed by atoms with E-state index in [1.165, 1.54) is 50.1 Å². The van der Waals surface area contributed by atoms with Crippen LogP contribution < -0.4 is 5.46 Å². The van der Waals surface area contributed by atoms with Crippen LogP contribution in [0.25, 0.3) is 22.3 Å². The van der Waals surface area contributed by atoms with Gasteiger partial charge in [0.2, 0.25) is 0 Å². The molecule has 6 rings (SSSR count). The van der Waals surface area contributed by atoms with Crippen LogP contribution in [-0.2, 0) is 5.41 Å². The molecule has 0 bridgehead atoms. The molecule has 0 N–H and O–H groups in total. The van der Waals surface area contributed by atoms with E-state index >= 15 is 0 Å². The van der Waals surface area contributed by atoms with Gasteiger partial charge in [-0.15, -0.1) is 0 Å². The molecule has 1 unspecified atom stereocenters. The molecule has 0 fully saturated rings. The molecule has 0 aliphatic heterocycles. The molecule has 2 radical (unpaired) electrons. The zero-order valence-corrected chi connectivity index (χ0v) is 20.5. The van der Waals surface area contributed by atoms with E-state index in [1.54, 1.807) is 0 Å². The van der Waals surface area contributed by atoms with E-state index < -0.39 is 5.41 Å². The lowest BCUT2D eigenvalue weighted by atomic mass is 9.67. The van der Waals surface area contributed by atoms with Gasteiger partial charge in [-0.25, -0.2) is 0 Å². The highest BCUT2D eigenvalue weighted by molar-refractivity contribution is 9.10. The maximum atomic E-state index is 6.37. The van der Waals surface area contributed by atoms with Crippen LogP contribution in [0.3, 0.4) is 0 Å². The van der Waals surface area contributed by atoms with Gasteiger partial charge in [-0.05, 0) is 63.6 Å². The fourth-order valence-electron chi connectivity index (χ4n) is 5.63. The van der Waals surface area contributed by atoms with Gasteiger partial charge in [-0.2, -0.15) is 0 Å². The molecular weight excluding hydrogens is 475 g/mol. The minimum Gasteiger partial charge on any atom is -0.0963 e. The third-order valence-corrected chi connectivity index (χ3v) is 7.47. The quantitative estimate of drug-likeness (QED) is 0.221. The normalized spacial score (nSPS) is 16.2. The topological polar surface area (TPSA) is 0 Å². The predicted molar refractivity (Wildman–Crippen MR) is 147 cm³/mol. The van der Waals surface area contributed by atoms with E-state index in [9.17, 15) is 0 Å². The Bertz CT molecular complexity index is 1490. The lowest BCUT2D eigenvalue weighted by Gasteiger charge is -2.34. The standard InChI is InChI=1S/C32H22BBr/c1-21-16-17-29-28(18-21)31-27(22-8-3-2-4-9-22)14-7-15-30(31)32(29,23-10-5-12-25(33)19-23)24-11-6-13-26(34)20-24/h2-20H,1H3. The fourth-order valence-corrected chi connectivity index (χ4v) is 6.03. The Morgan fingerprint density at radius 2 is 1.35 bits per heavy atom. The first kappa shape index (κ1) is 21.2. The van der Waals surface area contributed by atoms with Gasteiger partial charge < -0.3 is 0 Å². The Morgan fingerprint density at radius 3 is 2.12 bits per heavy atom.